The molecule has 1 amide bonds. The molecule has 7 nitrogen and oxygen atoms in total. The molecular formula is C19H23N3O4S. The predicted molar refractivity (Wildman–Crippen MR) is 102 cm³/mol. The summed E-state index contributed by atoms with van der Waals surface area (Å²) >= 11 is 0. The van der Waals surface area contributed by atoms with Crippen molar-refractivity contribution in [3.05, 3.63) is 48.2 Å². The molecule has 8 heteroatoms. The Balaban J connectivity index is 1.72. The summed E-state index contributed by atoms with van der Waals surface area (Å²) in [6.07, 6.45) is 2.39. The molecule has 1 atom stereocenters. The van der Waals surface area contributed by atoms with Gasteiger partial charge in [-0.1, -0.05) is 13.0 Å². The van der Waals surface area contributed by atoms with Crippen LogP contribution < -0.4 is 10.1 Å². The zero-order chi connectivity index (χ0) is 19.4. The van der Waals surface area contributed by atoms with Gasteiger partial charge >= 0.3 is 0 Å². The molecule has 1 aromatic carbocycles. The summed E-state index contributed by atoms with van der Waals surface area (Å²) in [5.41, 5.74) is 1.19. The fourth-order valence-corrected chi connectivity index (χ4v) is 4.70. The largest absolute Gasteiger partial charge is 0.473 e. The number of carbonyl (C=O) groups is 1. The molecule has 1 aromatic heterocycles. The summed E-state index contributed by atoms with van der Waals surface area (Å²) < 4.78 is 33.2. The van der Waals surface area contributed by atoms with Gasteiger partial charge in [0, 0.05) is 30.9 Å². The highest BCUT2D eigenvalue weighted by Crippen LogP contribution is 2.27. The Bertz CT molecular complexity index is 916. The second-order valence-corrected chi connectivity index (χ2v) is 8.35. The number of aromatic nitrogens is 1. The van der Waals surface area contributed by atoms with E-state index in [1.54, 1.807) is 50.4 Å². The van der Waals surface area contributed by atoms with Crippen molar-refractivity contribution in [3.8, 4) is 5.88 Å². The van der Waals surface area contributed by atoms with Gasteiger partial charge in [-0.2, -0.15) is 4.31 Å². The summed E-state index contributed by atoms with van der Waals surface area (Å²) in [6.45, 7) is 4.17. The zero-order valence-electron chi connectivity index (χ0n) is 15.4. The number of ether oxygens (including phenoxy) is 1. The summed E-state index contributed by atoms with van der Waals surface area (Å²) in [5.74, 6) is 0.382. The van der Waals surface area contributed by atoms with Crippen LogP contribution in [0.3, 0.4) is 0 Å². The molecule has 0 saturated carbocycles. The van der Waals surface area contributed by atoms with Gasteiger partial charge in [-0.3, -0.25) is 4.79 Å². The average molecular weight is 389 g/mol. The number of carbonyl (C=O) groups excluding carboxylic acids is 1. The second kappa shape index (κ2) is 8.06. The van der Waals surface area contributed by atoms with Crippen LogP contribution in [-0.4, -0.2) is 42.8 Å². The topological polar surface area (TPSA) is 88.6 Å². The van der Waals surface area contributed by atoms with Gasteiger partial charge in [0.1, 0.15) is 6.10 Å². The minimum absolute atomic E-state index is 0.112. The van der Waals surface area contributed by atoms with Crippen LogP contribution in [0.25, 0.3) is 0 Å². The number of nitrogens with one attached hydrogen (secondary N) is 1. The number of amides is 1. The first-order valence-corrected chi connectivity index (χ1v) is 10.3. The minimum Gasteiger partial charge on any atom is -0.473 e. The van der Waals surface area contributed by atoms with Crippen molar-refractivity contribution in [3.63, 3.8) is 0 Å². The first kappa shape index (κ1) is 19.3. The molecule has 144 valence electrons. The minimum atomic E-state index is -3.63. The molecule has 2 heterocycles. The second-order valence-electron chi connectivity index (χ2n) is 6.44. The molecule has 2 aromatic rings. The molecule has 1 aliphatic rings. The third kappa shape index (κ3) is 4.45. The normalized spacial score (nSPS) is 17.6. The molecule has 1 N–H and O–H groups in total. The van der Waals surface area contributed by atoms with Crippen LogP contribution in [0.5, 0.6) is 5.88 Å². The summed E-state index contributed by atoms with van der Waals surface area (Å²) in [4.78, 5) is 15.9. The van der Waals surface area contributed by atoms with Crippen LogP contribution in [0.15, 0.2) is 47.5 Å². The number of anilines is 1. The van der Waals surface area contributed by atoms with Gasteiger partial charge in [0.2, 0.25) is 21.8 Å². The van der Waals surface area contributed by atoms with E-state index in [9.17, 15) is 13.2 Å². The number of nitrogens with zero attached hydrogens (tertiary/aromatic N) is 2. The molecule has 27 heavy (non-hydrogen) atoms. The van der Waals surface area contributed by atoms with Crippen molar-refractivity contribution in [2.75, 3.05) is 18.4 Å². The number of aryl methyl sites for hydroxylation is 1. The molecule has 0 radical (unpaired) electrons. The molecule has 0 spiro atoms. The molecule has 0 unspecified atom stereocenters. The third-order valence-corrected chi connectivity index (χ3v) is 6.46. The molecule has 0 bridgehead atoms. The van der Waals surface area contributed by atoms with E-state index in [1.165, 1.54) is 4.31 Å². The smallest absolute Gasteiger partial charge is 0.243 e. The van der Waals surface area contributed by atoms with Gasteiger partial charge in [-0.05, 0) is 43.2 Å². The van der Waals surface area contributed by atoms with Gasteiger partial charge < -0.3 is 10.1 Å². The SMILES string of the molecule is CCC(=O)Nc1ccc(S(=O)(=O)N2CC[C@H](Oc3ccccn3)C2)c(C)c1. The maximum atomic E-state index is 13.0. The van der Waals surface area contributed by atoms with Crippen LogP contribution in [0.2, 0.25) is 0 Å². The van der Waals surface area contributed by atoms with Gasteiger partial charge in [0.05, 0.1) is 11.4 Å². The molecular weight excluding hydrogens is 366 g/mol. The van der Waals surface area contributed by atoms with Gasteiger partial charge in [0.25, 0.3) is 0 Å². The van der Waals surface area contributed by atoms with E-state index < -0.39 is 10.0 Å². The van der Waals surface area contributed by atoms with Crippen molar-refractivity contribution in [2.24, 2.45) is 0 Å². The Morgan fingerprint density at radius 2 is 2.15 bits per heavy atom. The third-order valence-electron chi connectivity index (χ3n) is 4.43. The number of hydrogen-bond acceptors (Lipinski definition) is 5. The molecule has 0 aliphatic carbocycles. The lowest BCUT2D eigenvalue weighted by Gasteiger charge is -2.19. The monoisotopic (exact) mass is 389 g/mol. The predicted octanol–water partition coefficient (Wildman–Crippen LogP) is 2.58. The van der Waals surface area contributed by atoms with Gasteiger partial charge in [-0.25, -0.2) is 13.4 Å². The Labute approximate surface area is 159 Å². The summed E-state index contributed by atoms with van der Waals surface area (Å²) in [6, 6.07) is 10.2. The van der Waals surface area contributed by atoms with E-state index in [2.05, 4.69) is 10.3 Å². The standard InChI is InChI=1S/C19H23N3O4S/c1-3-18(23)21-15-7-8-17(14(2)12-15)27(24,25)22-11-9-16(13-22)26-19-6-4-5-10-20-19/h4-8,10,12,16H,3,9,11,13H2,1-2H3,(H,21,23)/t16-/m0/s1. The highest BCUT2D eigenvalue weighted by Gasteiger charge is 2.34. The van der Waals surface area contributed by atoms with Crippen LogP contribution >= 0.6 is 0 Å². The molecule has 1 saturated heterocycles. The van der Waals surface area contributed by atoms with Crippen LogP contribution in [0, 0.1) is 6.92 Å². The van der Waals surface area contributed by atoms with E-state index in [-0.39, 0.29) is 23.5 Å². The van der Waals surface area contributed by atoms with Crippen molar-refractivity contribution >= 4 is 21.6 Å². The Hall–Kier alpha value is -2.45. The quantitative estimate of drug-likeness (QED) is 0.820. The lowest BCUT2D eigenvalue weighted by Crippen LogP contribution is -2.31. The van der Waals surface area contributed by atoms with Crippen molar-refractivity contribution < 1.29 is 17.9 Å². The van der Waals surface area contributed by atoms with Crippen LogP contribution in [0.1, 0.15) is 25.3 Å². The van der Waals surface area contributed by atoms with Crippen molar-refractivity contribution in [1.29, 1.82) is 0 Å². The van der Waals surface area contributed by atoms with E-state index in [0.29, 0.717) is 36.5 Å². The lowest BCUT2D eigenvalue weighted by molar-refractivity contribution is -0.115. The fourth-order valence-electron chi connectivity index (χ4n) is 3.00. The van der Waals surface area contributed by atoms with Crippen molar-refractivity contribution in [2.45, 2.75) is 37.7 Å². The Morgan fingerprint density at radius 1 is 1.33 bits per heavy atom. The maximum Gasteiger partial charge on any atom is 0.243 e. The van der Waals surface area contributed by atoms with E-state index in [4.69, 9.17) is 4.74 Å². The van der Waals surface area contributed by atoms with E-state index in [0.717, 1.165) is 0 Å². The number of hydrogen-bond donors (Lipinski definition) is 1. The van der Waals surface area contributed by atoms with Crippen molar-refractivity contribution in [1.82, 2.24) is 9.29 Å². The Kier molecular flexibility index (Phi) is 5.76. The molecule has 3 rings (SSSR count). The fraction of sp³-hybridized carbons (Fsp3) is 0.368. The van der Waals surface area contributed by atoms with Crippen LogP contribution in [0.4, 0.5) is 5.69 Å². The van der Waals surface area contributed by atoms with Crippen LogP contribution in [-0.2, 0) is 14.8 Å². The van der Waals surface area contributed by atoms with E-state index >= 15 is 0 Å². The number of sulfonamides is 1. The van der Waals surface area contributed by atoms with Gasteiger partial charge in [-0.15, -0.1) is 0 Å². The Morgan fingerprint density at radius 3 is 2.81 bits per heavy atom. The lowest BCUT2D eigenvalue weighted by atomic mass is 10.2. The number of pyridine rings is 1. The highest BCUT2D eigenvalue weighted by atomic mass is 32.2. The summed E-state index contributed by atoms with van der Waals surface area (Å²) in [7, 11) is -3.63. The highest BCUT2D eigenvalue weighted by molar-refractivity contribution is 7.89. The first-order chi connectivity index (χ1) is 12.9. The van der Waals surface area contributed by atoms with E-state index in [1.807, 2.05) is 6.07 Å². The zero-order valence-corrected chi connectivity index (χ0v) is 16.2. The molecule has 1 aliphatic heterocycles. The maximum absolute atomic E-state index is 13.0. The molecule has 1 fully saturated rings. The van der Waals surface area contributed by atoms with Gasteiger partial charge in [0.15, 0.2) is 0 Å². The summed E-state index contributed by atoms with van der Waals surface area (Å²) in [5, 5.41) is 2.74. The first-order valence-electron chi connectivity index (χ1n) is 8.88. The number of rotatable bonds is 6. The number of benzene rings is 1. The average Bonchev–Trinajstić information content (AvgIpc) is 3.11.